The first kappa shape index (κ1) is 14.1. The number of hydrogen-bond acceptors (Lipinski definition) is 4. The van der Waals surface area contributed by atoms with Gasteiger partial charge in [-0.15, -0.1) is 0 Å². The Morgan fingerprint density at radius 3 is 3.05 bits per heavy atom. The second-order valence-corrected chi connectivity index (χ2v) is 5.09. The lowest BCUT2D eigenvalue weighted by Crippen LogP contribution is -2.21. The number of ether oxygens (including phenoxy) is 1. The lowest BCUT2D eigenvalue weighted by molar-refractivity contribution is -0.385. The zero-order chi connectivity index (χ0) is 13.7. The molecule has 0 bridgehead atoms. The Morgan fingerprint density at radius 2 is 2.37 bits per heavy atom. The third-order valence-electron chi connectivity index (χ3n) is 3.23. The molecule has 1 aliphatic rings. The minimum atomic E-state index is -0.472. The van der Waals surface area contributed by atoms with Gasteiger partial charge in [-0.25, -0.2) is 0 Å². The number of hydrogen-bond donors (Lipinski definition) is 1. The van der Waals surface area contributed by atoms with Crippen LogP contribution >= 0.6 is 11.6 Å². The molecule has 1 aromatic rings. The Labute approximate surface area is 117 Å². The second-order valence-electron chi connectivity index (χ2n) is 4.65. The Morgan fingerprint density at radius 1 is 1.53 bits per heavy atom. The van der Waals surface area contributed by atoms with Crippen molar-refractivity contribution in [1.29, 1.82) is 0 Å². The maximum Gasteiger partial charge on any atom is 0.312 e. The van der Waals surface area contributed by atoms with Gasteiger partial charge >= 0.3 is 5.69 Å². The summed E-state index contributed by atoms with van der Waals surface area (Å²) in [7, 11) is 0. The summed E-state index contributed by atoms with van der Waals surface area (Å²) in [6.07, 6.45) is 4.37. The zero-order valence-electron chi connectivity index (χ0n) is 10.6. The lowest BCUT2D eigenvalue weighted by atomic mass is 10.1. The fourth-order valence-corrected chi connectivity index (χ4v) is 2.44. The molecule has 0 saturated carbocycles. The van der Waals surface area contributed by atoms with E-state index in [0.717, 1.165) is 19.4 Å². The lowest BCUT2D eigenvalue weighted by Gasteiger charge is -2.10. The molecular formula is C13H17ClN2O3. The summed E-state index contributed by atoms with van der Waals surface area (Å²) >= 11 is 5.74. The summed E-state index contributed by atoms with van der Waals surface area (Å²) in [5.74, 6) is 0.286. The highest BCUT2D eigenvalue weighted by molar-refractivity contribution is 6.30. The molecule has 19 heavy (non-hydrogen) atoms. The Hall–Kier alpha value is -1.33. The van der Waals surface area contributed by atoms with E-state index >= 15 is 0 Å². The summed E-state index contributed by atoms with van der Waals surface area (Å²) < 4.78 is 5.49. The van der Waals surface area contributed by atoms with Crippen molar-refractivity contribution >= 4 is 17.3 Å². The van der Waals surface area contributed by atoms with Crippen molar-refractivity contribution in [2.45, 2.75) is 31.7 Å². The number of benzene rings is 1. The average molecular weight is 285 g/mol. The molecule has 1 N–H and O–H groups in total. The van der Waals surface area contributed by atoms with Gasteiger partial charge in [-0.05, 0) is 44.4 Å². The number of nitro groups is 1. The smallest absolute Gasteiger partial charge is 0.312 e. The number of nitrogens with one attached hydrogen (secondary N) is 1. The van der Waals surface area contributed by atoms with Gasteiger partial charge in [0.2, 0.25) is 0 Å². The van der Waals surface area contributed by atoms with E-state index in [-0.39, 0.29) is 11.4 Å². The molecule has 6 heteroatoms. The van der Waals surface area contributed by atoms with E-state index in [2.05, 4.69) is 5.32 Å². The first-order valence-corrected chi connectivity index (χ1v) is 6.85. The van der Waals surface area contributed by atoms with E-state index in [1.165, 1.54) is 18.9 Å². The first-order valence-electron chi connectivity index (χ1n) is 6.47. The van der Waals surface area contributed by atoms with Crippen LogP contribution < -0.4 is 10.1 Å². The van der Waals surface area contributed by atoms with E-state index in [4.69, 9.17) is 16.3 Å². The van der Waals surface area contributed by atoms with Crippen LogP contribution in [0.5, 0.6) is 5.75 Å². The summed E-state index contributed by atoms with van der Waals surface area (Å²) in [6, 6.07) is 5.04. The van der Waals surface area contributed by atoms with E-state index in [1.807, 2.05) is 0 Å². The van der Waals surface area contributed by atoms with E-state index in [1.54, 1.807) is 12.1 Å². The van der Waals surface area contributed by atoms with Crippen LogP contribution in [-0.4, -0.2) is 24.1 Å². The minimum Gasteiger partial charge on any atom is -0.487 e. The van der Waals surface area contributed by atoms with Crippen LogP contribution in [0.25, 0.3) is 0 Å². The molecule has 1 unspecified atom stereocenters. The predicted octanol–water partition coefficient (Wildman–Crippen LogP) is 3.16. The van der Waals surface area contributed by atoms with Gasteiger partial charge in [0.1, 0.15) is 0 Å². The van der Waals surface area contributed by atoms with Crippen LogP contribution in [0.1, 0.15) is 25.7 Å². The fourth-order valence-electron chi connectivity index (χ4n) is 2.27. The third-order valence-corrected chi connectivity index (χ3v) is 3.47. The molecule has 2 rings (SSSR count). The van der Waals surface area contributed by atoms with Crippen molar-refractivity contribution in [1.82, 2.24) is 5.32 Å². The van der Waals surface area contributed by atoms with E-state index in [9.17, 15) is 10.1 Å². The largest absolute Gasteiger partial charge is 0.487 e. The summed E-state index contributed by atoms with van der Waals surface area (Å²) in [5, 5.41) is 14.6. The Kier molecular flexibility index (Phi) is 4.99. The van der Waals surface area contributed by atoms with Crippen LogP contribution in [0.3, 0.4) is 0 Å². The van der Waals surface area contributed by atoms with Gasteiger partial charge in [-0.3, -0.25) is 10.1 Å². The standard InChI is InChI=1S/C13H17ClN2O3/c14-10-5-6-13(12(9-10)16(17)18)19-8-2-4-11-3-1-7-15-11/h5-6,9,11,15H,1-4,7-8H2. The van der Waals surface area contributed by atoms with Crippen molar-refractivity contribution in [2.75, 3.05) is 13.2 Å². The van der Waals surface area contributed by atoms with Gasteiger partial charge in [0.05, 0.1) is 11.5 Å². The van der Waals surface area contributed by atoms with Crippen molar-refractivity contribution in [3.8, 4) is 5.75 Å². The number of halogens is 1. The van der Waals surface area contributed by atoms with Gasteiger partial charge in [0.25, 0.3) is 0 Å². The van der Waals surface area contributed by atoms with Crippen LogP contribution in [0.15, 0.2) is 18.2 Å². The maximum absolute atomic E-state index is 10.9. The molecule has 1 atom stereocenters. The second kappa shape index (κ2) is 6.73. The van der Waals surface area contributed by atoms with Gasteiger partial charge in [-0.2, -0.15) is 0 Å². The number of rotatable bonds is 6. The van der Waals surface area contributed by atoms with Crippen molar-refractivity contribution in [2.24, 2.45) is 0 Å². The SMILES string of the molecule is O=[N+]([O-])c1cc(Cl)ccc1OCCCC1CCCN1. The van der Waals surface area contributed by atoms with E-state index < -0.39 is 4.92 Å². The molecule has 0 spiro atoms. The maximum atomic E-state index is 10.9. The molecule has 1 aliphatic heterocycles. The van der Waals surface area contributed by atoms with Crippen molar-refractivity contribution < 1.29 is 9.66 Å². The molecule has 0 aliphatic carbocycles. The van der Waals surface area contributed by atoms with Crippen LogP contribution in [0.2, 0.25) is 5.02 Å². The number of nitro benzene ring substituents is 1. The summed E-state index contributed by atoms with van der Waals surface area (Å²) in [6.45, 7) is 1.58. The van der Waals surface area contributed by atoms with Crippen LogP contribution in [0.4, 0.5) is 5.69 Å². The average Bonchev–Trinajstić information content (AvgIpc) is 2.89. The molecule has 1 heterocycles. The predicted molar refractivity (Wildman–Crippen MR) is 73.9 cm³/mol. The molecule has 1 fully saturated rings. The molecule has 0 aromatic heterocycles. The monoisotopic (exact) mass is 284 g/mol. The first-order chi connectivity index (χ1) is 9.16. The van der Waals surface area contributed by atoms with Gasteiger partial charge < -0.3 is 10.1 Å². The highest BCUT2D eigenvalue weighted by Gasteiger charge is 2.16. The highest BCUT2D eigenvalue weighted by atomic mass is 35.5. The molecule has 0 amide bonds. The Balaban J connectivity index is 1.83. The molecule has 0 radical (unpaired) electrons. The normalized spacial score (nSPS) is 18.5. The topological polar surface area (TPSA) is 64.4 Å². The molecule has 104 valence electrons. The van der Waals surface area contributed by atoms with Crippen LogP contribution in [-0.2, 0) is 0 Å². The zero-order valence-corrected chi connectivity index (χ0v) is 11.4. The minimum absolute atomic E-state index is 0.0773. The summed E-state index contributed by atoms with van der Waals surface area (Å²) in [5.41, 5.74) is -0.0773. The molecule has 1 saturated heterocycles. The van der Waals surface area contributed by atoms with Crippen molar-refractivity contribution in [3.05, 3.63) is 33.3 Å². The highest BCUT2D eigenvalue weighted by Crippen LogP contribution is 2.30. The Bertz CT molecular complexity index is 448. The van der Waals surface area contributed by atoms with Gasteiger partial charge in [-0.1, -0.05) is 11.6 Å². The van der Waals surface area contributed by atoms with Crippen LogP contribution in [0, 0.1) is 10.1 Å². The quantitative estimate of drug-likeness (QED) is 0.495. The van der Waals surface area contributed by atoms with Gasteiger partial charge in [0.15, 0.2) is 5.75 Å². The fraction of sp³-hybridized carbons (Fsp3) is 0.538. The third kappa shape index (κ3) is 4.08. The van der Waals surface area contributed by atoms with Gasteiger partial charge in [0, 0.05) is 17.1 Å². The number of nitrogens with zero attached hydrogens (tertiary/aromatic N) is 1. The summed E-state index contributed by atoms with van der Waals surface area (Å²) in [4.78, 5) is 10.4. The molecule has 1 aromatic carbocycles. The van der Waals surface area contributed by atoms with E-state index in [0.29, 0.717) is 17.7 Å². The molecular weight excluding hydrogens is 268 g/mol. The molecule has 5 nitrogen and oxygen atoms in total. The van der Waals surface area contributed by atoms with Crippen molar-refractivity contribution in [3.63, 3.8) is 0 Å².